The summed E-state index contributed by atoms with van der Waals surface area (Å²) in [5, 5.41) is 11.4. The van der Waals surface area contributed by atoms with Gasteiger partial charge in [-0.05, 0) is 52.8 Å². The van der Waals surface area contributed by atoms with Crippen molar-refractivity contribution in [2.24, 2.45) is 39.4 Å². The van der Waals surface area contributed by atoms with Gasteiger partial charge in [-0.25, -0.2) is 4.79 Å². The molecule has 2 saturated heterocycles. The molecule has 4 N–H and O–H groups in total. The second-order valence-corrected chi connectivity index (χ2v) is 19.2. The van der Waals surface area contributed by atoms with E-state index in [2.05, 4.69) is 41.7 Å². The highest BCUT2D eigenvalue weighted by Gasteiger charge is 2.71. The van der Waals surface area contributed by atoms with Gasteiger partial charge in [0.05, 0.1) is 6.04 Å². The molecule has 5 rings (SSSR count). The molecule has 0 aromatic rings. The van der Waals surface area contributed by atoms with Crippen molar-refractivity contribution in [3.05, 3.63) is 12.7 Å². The number of hydrogen-bond acceptors (Lipinski definition) is 7. The summed E-state index contributed by atoms with van der Waals surface area (Å²) < 4.78 is 0. The Hall–Kier alpha value is -3.77. The van der Waals surface area contributed by atoms with Crippen LogP contribution in [0.25, 0.3) is 0 Å². The molecule has 0 bridgehead atoms. The fourth-order valence-electron chi connectivity index (χ4n) is 8.10. The van der Waals surface area contributed by atoms with E-state index in [4.69, 9.17) is 0 Å². The molecule has 0 aromatic heterocycles. The van der Waals surface area contributed by atoms with E-state index in [0.717, 1.165) is 12.8 Å². The Labute approximate surface area is 301 Å². The summed E-state index contributed by atoms with van der Waals surface area (Å²) in [7, 11) is 0. The third-order valence-corrected chi connectivity index (χ3v) is 11.9. The molecular formula is C38H58N6O7. The van der Waals surface area contributed by atoms with Crippen LogP contribution < -0.4 is 21.3 Å². The number of hydrogen-bond donors (Lipinski definition) is 4. The fourth-order valence-corrected chi connectivity index (χ4v) is 8.10. The first-order chi connectivity index (χ1) is 23.3. The van der Waals surface area contributed by atoms with E-state index in [-0.39, 0.29) is 60.9 Å². The van der Waals surface area contributed by atoms with Gasteiger partial charge in [0.1, 0.15) is 17.6 Å². The van der Waals surface area contributed by atoms with E-state index in [9.17, 15) is 33.6 Å². The summed E-state index contributed by atoms with van der Waals surface area (Å²) in [5.74, 6) is -3.45. The highest BCUT2D eigenvalue weighted by Crippen LogP contribution is 2.65. The van der Waals surface area contributed by atoms with Crippen LogP contribution in [-0.4, -0.2) is 93.9 Å². The van der Waals surface area contributed by atoms with Gasteiger partial charge in [-0.15, -0.1) is 6.58 Å². The molecule has 0 radical (unpaired) electrons. The number of urea groups is 1. The first-order valence-electron chi connectivity index (χ1n) is 18.3. The van der Waals surface area contributed by atoms with Crippen LogP contribution >= 0.6 is 0 Å². The molecule has 0 aromatic carbocycles. The molecule has 0 spiro atoms. The molecule has 4 unspecified atom stereocenters. The van der Waals surface area contributed by atoms with Crippen LogP contribution in [0.3, 0.4) is 0 Å². The molecule has 13 heteroatoms. The summed E-state index contributed by atoms with van der Waals surface area (Å²) in [6.45, 7) is 23.1. The summed E-state index contributed by atoms with van der Waals surface area (Å²) in [5.41, 5.74) is -3.38. The number of nitrogens with one attached hydrogen (secondary N) is 4. The maximum absolute atomic E-state index is 14.5. The minimum absolute atomic E-state index is 0.00351. The van der Waals surface area contributed by atoms with Crippen molar-refractivity contribution in [2.45, 2.75) is 131 Å². The fraction of sp³-hybridized carbons (Fsp3) is 0.763. The number of likely N-dealkylation sites (tertiary alicyclic amines) is 2. The van der Waals surface area contributed by atoms with Crippen LogP contribution in [-0.2, 0) is 28.8 Å². The van der Waals surface area contributed by atoms with Gasteiger partial charge in [-0.2, -0.15) is 0 Å². The largest absolute Gasteiger partial charge is 0.347 e. The molecule has 7 amide bonds. The van der Waals surface area contributed by atoms with Crippen molar-refractivity contribution in [2.75, 3.05) is 13.1 Å². The van der Waals surface area contributed by atoms with Crippen LogP contribution in [0.15, 0.2) is 12.7 Å². The van der Waals surface area contributed by atoms with E-state index >= 15 is 0 Å². The molecule has 5 fully saturated rings. The quantitative estimate of drug-likeness (QED) is 0.145. The molecule has 2 aliphatic heterocycles. The lowest BCUT2D eigenvalue weighted by Crippen LogP contribution is -2.63. The van der Waals surface area contributed by atoms with Crippen molar-refractivity contribution in [1.29, 1.82) is 0 Å². The van der Waals surface area contributed by atoms with Crippen LogP contribution in [0.5, 0.6) is 0 Å². The number of carbonyl (C=O) groups is 7. The topological polar surface area (TPSA) is 174 Å². The highest BCUT2D eigenvalue weighted by molar-refractivity contribution is 6.41. The standard InChI is InChI=1S/C38H58N6O7/c1-12-20-15-38(20,29(47)31(49)39-21-13-14-21)42-30(48)27-26-22(37(26,10)11)18-44(27)32(50)28(35(5,6)7)41-33(51)40-23(34(2,3)4)19-43-24(45)16-36(8,9)17-25(43)46/h12,20-23,26-28H,1,13-19H2,2-11H3,(H,39,49)(H,42,48)(H2,40,41,51)/t20?,22?,23-,26?,27+,28-,38?/m1/s1. The van der Waals surface area contributed by atoms with E-state index in [1.807, 2.05) is 55.4 Å². The molecule has 5 aliphatic rings. The van der Waals surface area contributed by atoms with Crippen molar-refractivity contribution >= 4 is 41.4 Å². The highest BCUT2D eigenvalue weighted by atomic mass is 16.2. The third kappa shape index (κ3) is 7.58. The number of carbonyl (C=O) groups excluding carboxylic acids is 7. The number of rotatable bonds is 11. The molecular weight excluding hydrogens is 652 g/mol. The molecule has 3 saturated carbocycles. The van der Waals surface area contributed by atoms with Gasteiger partial charge in [0.2, 0.25) is 29.4 Å². The van der Waals surface area contributed by atoms with Crippen LogP contribution in [0.4, 0.5) is 4.79 Å². The minimum atomic E-state index is -1.40. The van der Waals surface area contributed by atoms with Gasteiger partial charge in [0, 0.05) is 37.9 Å². The van der Waals surface area contributed by atoms with Gasteiger partial charge in [-0.1, -0.05) is 75.3 Å². The summed E-state index contributed by atoms with van der Waals surface area (Å²) >= 11 is 0. The summed E-state index contributed by atoms with van der Waals surface area (Å²) in [6, 6.07) is -3.23. The van der Waals surface area contributed by atoms with E-state index in [1.54, 1.807) is 6.08 Å². The Morgan fingerprint density at radius 2 is 1.51 bits per heavy atom. The van der Waals surface area contributed by atoms with E-state index in [1.165, 1.54) is 9.80 Å². The third-order valence-electron chi connectivity index (χ3n) is 11.9. The second-order valence-electron chi connectivity index (χ2n) is 19.2. The number of amides is 7. The Kier molecular flexibility index (Phi) is 9.59. The predicted molar refractivity (Wildman–Crippen MR) is 189 cm³/mol. The lowest BCUT2D eigenvalue weighted by Gasteiger charge is -2.41. The maximum Gasteiger partial charge on any atom is 0.315 e. The van der Waals surface area contributed by atoms with E-state index in [0.29, 0.717) is 6.54 Å². The number of imide groups is 1. The van der Waals surface area contributed by atoms with Crippen molar-refractivity contribution in [3.8, 4) is 0 Å². The zero-order valence-electron chi connectivity index (χ0n) is 32.0. The average molecular weight is 711 g/mol. The molecule has 7 atom stereocenters. The van der Waals surface area contributed by atoms with Gasteiger partial charge in [0.25, 0.3) is 5.91 Å². The molecule has 51 heavy (non-hydrogen) atoms. The molecule has 2 heterocycles. The number of Topliss-reactive ketones (excluding diaryl/α,β-unsaturated/α-hetero) is 1. The lowest BCUT2D eigenvalue weighted by molar-refractivity contribution is -0.153. The Morgan fingerprint density at radius 1 is 0.922 bits per heavy atom. The lowest BCUT2D eigenvalue weighted by atomic mass is 9.80. The number of fused-ring (bicyclic) bond motifs is 1. The minimum Gasteiger partial charge on any atom is -0.347 e. The number of piperidine rings is 2. The van der Waals surface area contributed by atoms with Crippen molar-refractivity contribution in [3.63, 3.8) is 0 Å². The number of ketones is 1. The first-order valence-corrected chi connectivity index (χ1v) is 18.3. The number of nitrogens with zero attached hydrogens (tertiary/aromatic N) is 2. The Bertz CT molecular complexity index is 1520. The summed E-state index contributed by atoms with van der Waals surface area (Å²) in [4.78, 5) is 97.3. The summed E-state index contributed by atoms with van der Waals surface area (Å²) in [6.07, 6.45) is 3.91. The average Bonchev–Trinajstić information content (AvgIpc) is 3.94. The Balaban J connectivity index is 1.33. The SMILES string of the molecule is C=CC1CC1(NC(=O)[C@@H]1C2C(CN1C(=O)[C@@H](NC(=O)N[C@H](CN1C(=O)CC(C)(C)CC1=O)C(C)(C)C)C(C)(C)C)C2(C)C)C(=O)C(=O)NC1CC1. The molecule has 282 valence electrons. The molecule has 3 aliphatic carbocycles. The first kappa shape index (κ1) is 38.5. The van der Waals surface area contributed by atoms with Crippen LogP contribution in [0.2, 0.25) is 0 Å². The van der Waals surface area contributed by atoms with E-state index < -0.39 is 75.4 Å². The van der Waals surface area contributed by atoms with Gasteiger partial charge < -0.3 is 26.2 Å². The predicted octanol–water partition coefficient (Wildman–Crippen LogP) is 2.68. The normalized spacial score (nSPS) is 30.4. The smallest absolute Gasteiger partial charge is 0.315 e. The molecule has 13 nitrogen and oxygen atoms in total. The van der Waals surface area contributed by atoms with Gasteiger partial charge >= 0.3 is 6.03 Å². The zero-order valence-corrected chi connectivity index (χ0v) is 32.0. The van der Waals surface area contributed by atoms with Gasteiger partial charge in [-0.3, -0.25) is 33.7 Å². The van der Waals surface area contributed by atoms with Crippen LogP contribution in [0, 0.1) is 39.4 Å². The monoisotopic (exact) mass is 710 g/mol. The van der Waals surface area contributed by atoms with Crippen molar-refractivity contribution in [1.82, 2.24) is 31.1 Å². The second kappa shape index (κ2) is 12.7. The van der Waals surface area contributed by atoms with Crippen molar-refractivity contribution < 1.29 is 33.6 Å². The Morgan fingerprint density at radius 3 is 2.00 bits per heavy atom. The maximum atomic E-state index is 14.5. The zero-order chi connectivity index (χ0) is 38.2. The van der Waals surface area contributed by atoms with Gasteiger partial charge in [0.15, 0.2) is 0 Å². The van der Waals surface area contributed by atoms with Crippen LogP contribution in [0.1, 0.15) is 101 Å².